The molecule has 0 saturated carbocycles. The summed E-state index contributed by atoms with van der Waals surface area (Å²) in [4.78, 5) is 0. The largest absolute Gasteiger partial charge is 0.447 e. The maximum atomic E-state index is 11.4. The second-order valence-electron chi connectivity index (χ2n) is 3.46. The molecule has 0 atom stereocenters. The number of nitrogens with one attached hydrogen (secondary N) is 2. The van der Waals surface area contributed by atoms with Crippen LogP contribution in [0.4, 0.5) is 0 Å². The van der Waals surface area contributed by atoms with Crippen molar-refractivity contribution in [3.8, 4) is 0 Å². The summed E-state index contributed by atoms with van der Waals surface area (Å²) < 4.78 is 30.1. The minimum absolute atomic E-state index is 0.0395. The van der Waals surface area contributed by atoms with Crippen LogP contribution in [0.25, 0.3) is 0 Å². The number of sulfonamides is 1. The van der Waals surface area contributed by atoms with Gasteiger partial charge in [0, 0.05) is 0 Å². The average molecular weight is 246 g/mol. The molecule has 0 aliphatic heterocycles. The van der Waals surface area contributed by atoms with Crippen molar-refractivity contribution in [2.75, 3.05) is 13.6 Å². The zero-order valence-corrected chi connectivity index (χ0v) is 10.4. The van der Waals surface area contributed by atoms with Crippen LogP contribution in [-0.4, -0.2) is 22.0 Å². The lowest BCUT2D eigenvalue weighted by atomic mass is 10.3. The maximum absolute atomic E-state index is 11.4. The summed E-state index contributed by atoms with van der Waals surface area (Å²) in [7, 11) is -2.10. The number of hydrogen-bond acceptors (Lipinski definition) is 4. The summed E-state index contributed by atoms with van der Waals surface area (Å²) in [6.07, 6.45) is 2.23. The monoisotopic (exact) mass is 246 g/mol. The van der Waals surface area contributed by atoms with E-state index in [2.05, 4.69) is 17.0 Å². The van der Waals surface area contributed by atoms with Gasteiger partial charge in [0.1, 0.15) is 5.76 Å². The topological polar surface area (TPSA) is 71.3 Å². The van der Waals surface area contributed by atoms with Crippen LogP contribution in [0.1, 0.15) is 25.5 Å². The lowest BCUT2D eigenvalue weighted by Gasteiger charge is -2.00. The van der Waals surface area contributed by atoms with Gasteiger partial charge in [-0.15, -0.1) is 0 Å². The SMILES string of the molecule is CCCCNCc1ccc(S(=O)(=O)NC)o1. The summed E-state index contributed by atoms with van der Waals surface area (Å²) in [5.74, 6) is 0.630. The van der Waals surface area contributed by atoms with Gasteiger partial charge >= 0.3 is 0 Å². The summed E-state index contributed by atoms with van der Waals surface area (Å²) in [6.45, 7) is 3.58. The van der Waals surface area contributed by atoms with Crippen molar-refractivity contribution in [3.05, 3.63) is 17.9 Å². The van der Waals surface area contributed by atoms with Crippen molar-refractivity contribution < 1.29 is 12.8 Å². The molecule has 0 bridgehead atoms. The highest BCUT2D eigenvalue weighted by Crippen LogP contribution is 2.12. The second-order valence-corrected chi connectivity index (χ2v) is 5.28. The molecule has 5 nitrogen and oxygen atoms in total. The molecular formula is C10H18N2O3S. The normalized spacial score (nSPS) is 11.9. The van der Waals surface area contributed by atoms with Crippen LogP contribution >= 0.6 is 0 Å². The van der Waals surface area contributed by atoms with Gasteiger partial charge in [-0.25, -0.2) is 13.1 Å². The van der Waals surface area contributed by atoms with Gasteiger partial charge in [0.2, 0.25) is 5.09 Å². The van der Waals surface area contributed by atoms with E-state index in [1.54, 1.807) is 6.07 Å². The molecule has 92 valence electrons. The van der Waals surface area contributed by atoms with E-state index in [9.17, 15) is 8.42 Å². The van der Waals surface area contributed by atoms with Crippen LogP contribution in [0.2, 0.25) is 0 Å². The molecule has 1 rings (SSSR count). The quantitative estimate of drug-likeness (QED) is 0.706. The molecular weight excluding hydrogens is 228 g/mol. The van der Waals surface area contributed by atoms with Crippen LogP contribution < -0.4 is 10.0 Å². The molecule has 0 amide bonds. The Morgan fingerprint density at radius 3 is 2.75 bits per heavy atom. The van der Waals surface area contributed by atoms with E-state index in [4.69, 9.17) is 4.42 Å². The van der Waals surface area contributed by atoms with Crippen LogP contribution in [-0.2, 0) is 16.6 Å². The first-order valence-electron chi connectivity index (χ1n) is 5.33. The van der Waals surface area contributed by atoms with Gasteiger partial charge in [-0.2, -0.15) is 0 Å². The summed E-state index contributed by atoms with van der Waals surface area (Å²) in [5.41, 5.74) is 0. The van der Waals surface area contributed by atoms with Gasteiger partial charge in [0.05, 0.1) is 6.54 Å². The van der Waals surface area contributed by atoms with E-state index in [1.165, 1.54) is 13.1 Å². The second kappa shape index (κ2) is 6.03. The Kier molecular flexibility index (Phi) is 4.98. The summed E-state index contributed by atoms with van der Waals surface area (Å²) >= 11 is 0. The van der Waals surface area contributed by atoms with Crippen LogP contribution in [0.15, 0.2) is 21.6 Å². The van der Waals surface area contributed by atoms with Crippen molar-refractivity contribution in [1.29, 1.82) is 0 Å². The van der Waals surface area contributed by atoms with Gasteiger partial charge in [-0.05, 0) is 32.1 Å². The molecule has 1 heterocycles. The number of hydrogen-bond donors (Lipinski definition) is 2. The smallest absolute Gasteiger partial charge is 0.273 e. The fourth-order valence-corrected chi connectivity index (χ4v) is 1.88. The maximum Gasteiger partial charge on any atom is 0.273 e. The third-order valence-electron chi connectivity index (χ3n) is 2.18. The molecule has 2 N–H and O–H groups in total. The third kappa shape index (κ3) is 3.62. The lowest BCUT2D eigenvalue weighted by Crippen LogP contribution is -2.18. The van der Waals surface area contributed by atoms with E-state index < -0.39 is 10.0 Å². The predicted octanol–water partition coefficient (Wildman–Crippen LogP) is 1.08. The van der Waals surface area contributed by atoms with Crippen molar-refractivity contribution in [1.82, 2.24) is 10.0 Å². The zero-order chi connectivity index (χ0) is 12.0. The van der Waals surface area contributed by atoms with Crippen molar-refractivity contribution in [3.63, 3.8) is 0 Å². The summed E-state index contributed by atoms with van der Waals surface area (Å²) in [6, 6.07) is 3.13. The predicted molar refractivity (Wildman–Crippen MR) is 61.6 cm³/mol. The highest BCUT2D eigenvalue weighted by molar-refractivity contribution is 7.89. The molecule has 0 radical (unpaired) electrons. The Hall–Kier alpha value is -0.850. The van der Waals surface area contributed by atoms with Crippen LogP contribution in [0, 0.1) is 0 Å². The van der Waals surface area contributed by atoms with E-state index >= 15 is 0 Å². The standard InChI is InChI=1S/C10H18N2O3S/c1-3-4-7-12-8-9-5-6-10(15-9)16(13,14)11-2/h5-6,11-12H,3-4,7-8H2,1-2H3. The van der Waals surface area contributed by atoms with E-state index in [0.717, 1.165) is 19.4 Å². The van der Waals surface area contributed by atoms with Gasteiger partial charge in [-0.3, -0.25) is 0 Å². The first-order chi connectivity index (χ1) is 7.60. The molecule has 0 aromatic carbocycles. The van der Waals surface area contributed by atoms with Crippen molar-refractivity contribution in [2.45, 2.75) is 31.4 Å². The fourth-order valence-electron chi connectivity index (χ4n) is 1.21. The fraction of sp³-hybridized carbons (Fsp3) is 0.600. The summed E-state index contributed by atoms with van der Waals surface area (Å²) in [5, 5.41) is 3.14. The number of unbranched alkanes of at least 4 members (excludes halogenated alkanes) is 1. The molecule has 0 aliphatic rings. The highest BCUT2D eigenvalue weighted by Gasteiger charge is 2.15. The molecule has 0 saturated heterocycles. The molecule has 0 unspecified atom stereocenters. The minimum Gasteiger partial charge on any atom is -0.447 e. The molecule has 0 spiro atoms. The lowest BCUT2D eigenvalue weighted by molar-refractivity contribution is 0.400. The Morgan fingerprint density at radius 2 is 2.12 bits per heavy atom. The molecule has 16 heavy (non-hydrogen) atoms. The van der Waals surface area contributed by atoms with Crippen LogP contribution in [0.3, 0.4) is 0 Å². The van der Waals surface area contributed by atoms with Crippen LogP contribution in [0.5, 0.6) is 0 Å². The van der Waals surface area contributed by atoms with Gasteiger partial charge in [0.25, 0.3) is 10.0 Å². The van der Waals surface area contributed by atoms with Crippen molar-refractivity contribution >= 4 is 10.0 Å². The Balaban J connectivity index is 2.52. The third-order valence-corrected chi connectivity index (χ3v) is 3.46. The Bertz CT molecular complexity index is 411. The first-order valence-corrected chi connectivity index (χ1v) is 6.81. The minimum atomic E-state index is -3.46. The molecule has 0 aliphatic carbocycles. The molecule has 6 heteroatoms. The van der Waals surface area contributed by atoms with Crippen molar-refractivity contribution in [2.24, 2.45) is 0 Å². The van der Waals surface area contributed by atoms with E-state index in [-0.39, 0.29) is 5.09 Å². The average Bonchev–Trinajstić information content (AvgIpc) is 2.74. The zero-order valence-electron chi connectivity index (χ0n) is 9.62. The highest BCUT2D eigenvalue weighted by atomic mass is 32.2. The van der Waals surface area contributed by atoms with E-state index in [0.29, 0.717) is 12.3 Å². The molecule has 1 aromatic rings. The Labute approximate surface area is 96.3 Å². The number of furan rings is 1. The first kappa shape index (κ1) is 13.2. The van der Waals surface area contributed by atoms with Gasteiger partial charge < -0.3 is 9.73 Å². The van der Waals surface area contributed by atoms with Gasteiger partial charge in [-0.1, -0.05) is 13.3 Å². The number of rotatable bonds is 7. The van der Waals surface area contributed by atoms with Gasteiger partial charge in [0.15, 0.2) is 0 Å². The molecule has 1 aromatic heterocycles. The Morgan fingerprint density at radius 1 is 1.38 bits per heavy atom. The van der Waals surface area contributed by atoms with E-state index in [1.807, 2.05) is 0 Å². The molecule has 0 fully saturated rings.